The van der Waals surface area contributed by atoms with Crippen LogP contribution < -0.4 is 27.4 Å². The summed E-state index contributed by atoms with van der Waals surface area (Å²) in [6.07, 6.45) is -0.152. The average molecular weight is 484 g/mol. The second-order valence-electron chi connectivity index (χ2n) is 7.19. The zero-order chi connectivity index (χ0) is 25.0. The van der Waals surface area contributed by atoms with E-state index in [9.17, 15) is 34.2 Å². The monoisotopic (exact) mass is 483 g/mol. The summed E-state index contributed by atoms with van der Waals surface area (Å²) in [5, 5.41) is 25.8. The molecule has 0 saturated heterocycles. The Kier molecular flexibility index (Phi) is 11.9. The maximum Gasteiger partial charge on any atom is 0.326 e. The number of carbonyl (C=O) groups excluding carboxylic acids is 4. The van der Waals surface area contributed by atoms with E-state index in [1.165, 1.54) is 0 Å². The number of carboxylic acid groups (broad SMARTS) is 1. The standard InChI is InChI=1S/C20H29N5O7S/c21-12(6-7-16(22)27)17(28)25-15(10-33)19(30)24-14(9-26)18(29)23-13(20(31)32)8-11-4-2-1-3-5-11/h1-5,12-15,26,33H,6-10,21H2,(H2,22,27)(H,23,29)(H,24,30)(H,25,28)(H,31,32). The Morgan fingerprint density at radius 3 is 1.97 bits per heavy atom. The molecule has 0 aliphatic rings. The van der Waals surface area contributed by atoms with Crippen molar-refractivity contribution in [3.8, 4) is 0 Å². The maximum absolute atomic E-state index is 12.5. The second-order valence-corrected chi connectivity index (χ2v) is 7.55. The first-order valence-corrected chi connectivity index (χ1v) is 10.7. The normalized spacial score (nSPS) is 14.3. The minimum absolute atomic E-state index is 0.00742. The Morgan fingerprint density at radius 2 is 1.45 bits per heavy atom. The lowest BCUT2D eigenvalue weighted by Crippen LogP contribution is -2.58. The lowest BCUT2D eigenvalue weighted by atomic mass is 10.1. The maximum atomic E-state index is 12.5. The third-order valence-corrected chi connectivity index (χ3v) is 4.93. The number of thiol groups is 1. The van der Waals surface area contributed by atoms with Crippen LogP contribution in [0.1, 0.15) is 18.4 Å². The van der Waals surface area contributed by atoms with Crippen molar-refractivity contribution < 1.29 is 34.2 Å². The number of aliphatic hydroxyl groups excluding tert-OH is 1. The highest BCUT2D eigenvalue weighted by Crippen LogP contribution is 2.04. The molecular formula is C20H29N5O7S. The van der Waals surface area contributed by atoms with E-state index in [0.717, 1.165) is 0 Å². The van der Waals surface area contributed by atoms with Crippen molar-refractivity contribution in [3.63, 3.8) is 0 Å². The molecule has 0 aromatic heterocycles. The van der Waals surface area contributed by atoms with Gasteiger partial charge < -0.3 is 37.6 Å². The molecule has 0 bridgehead atoms. The van der Waals surface area contributed by atoms with E-state index in [0.29, 0.717) is 5.56 Å². The van der Waals surface area contributed by atoms with Crippen LogP contribution in [0.5, 0.6) is 0 Å². The molecule has 0 saturated carbocycles. The Hall–Kier alpha value is -3.16. The molecule has 1 rings (SSSR count). The number of carbonyl (C=O) groups is 5. The minimum atomic E-state index is -1.47. The molecule has 182 valence electrons. The van der Waals surface area contributed by atoms with Gasteiger partial charge >= 0.3 is 5.97 Å². The van der Waals surface area contributed by atoms with Crippen molar-refractivity contribution in [2.75, 3.05) is 12.4 Å². The zero-order valence-corrected chi connectivity index (χ0v) is 18.7. The fourth-order valence-corrected chi connectivity index (χ4v) is 2.95. The number of aliphatic carboxylic acids is 1. The summed E-state index contributed by atoms with van der Waals surface area (Å²) in [4.78, 5) is 59.4. The summed E-state index contributed by atoms with van der Waals surface area (Å²) in [5.74, 6) is -4.58. The molecule has 33 heavy (non-hydrogen) atoms. The molecule has 12 nitrogen and oxygen atoms in total. The summed E-state index contributed by atoms with van der Waals surface area (Å²) < 4.78 is 0. The number of hydrogen-bond donors (Lipinski definition) is 8. The topological polar surface area (TPSA) is 214 Å². The molecule has 0 aliphatic carbocycles. The first-order chi connectivity index (χ1) is 15.6. The molecule has 0 radical (unpaired) electrons. The molecule has 0 aliphatic heterocycles. The molecule has 0 fully saturated rings. The quantitative estimate of drug-likeness (QED) is 0.130. The molecule has 1 aromatic carbocycles. The number of amides is 4. The largest absolute Gasteiger partial charge is 0.480 e. The Labute approximate surface area is 195 Å². The van der Waals surface area contributed by atoms with Crippen LogP contribution in [0.15, 0.2) is 30.3 Å². The number of rotatable bonds is 14. The Morgan fingerprint density at radius 1 is 0.909 bits per heavy atom. The van der Waals surface area contributed by atoms with E-state index >= 15 is 0 Å². The van der Waals surface area contributed by atoms with Gasteiger partial charge in [0.1, 0.15) is 18.1 Å². The van der Waals surface area contributed by atoms with Gasteiger partial charge in [0.05, 0.1) is 12.6 Å². The van der Waals surface area contributed by atoms with Crippen molar-refractivity contribution in [2.45, 2.75) is 43.4 Å². The molecule has 13 heteroatoms. The first-order valence-electron chi connectivity index (χ1n) is 10.0. The summed E-state index contributed by atoms with van der Waals surface area (Å²) in [5.41, 5.74) is 11.3. The number of aliphatic hydroxyl groups is 1. The average Bonchev–Trinajstić information content (AvgIpc) is 2.78. The minimum Gasteiger partial charge on any atom is -0.480 e. The predicted octanol–water partition coefficient (Wildman–Crippen LogP) is -2.72. The van der Waals surface area contributed by atoms with Crippen LogP contribution in [-0.4, -0.2) is 76.3 Å². The van der Waals surface area contributed by atoms with Crippen LogP contribution in [0.25, 0.3) is 0 Å². The number of hydrogen-bond acceptors (Lipinski definition) is 8. The van der Waals surface area contributed by atoms with Gasteiger partial charge in [-0.15, -0.1) is 0 Å². The third kappa shape index (κ3) is 9.89. The summed E-state index contributed by atoms with van der Waals surface area (Å²) >= 11 is 3.99. The Bertz CT molecular complexity index is 839. The van der Waals surface area contributed by atoms with E-state index in [2.05, 4.69) is 28.6 Å². The second kappa shape index (κ2) is 14.1. The molecule has 9 N–H and O–H groups in total. The summed E-state index contributed by atoms with van der Waals surface area (Å²) in [6.45, 7) is -0.819. The Balaban J connectivity index is 2.73. The first kappa shape index (κ1) is 27.9. The van der Waals surface area contributed by atoms with Crippen molar-refractivity contribution in [3.05, 3.63) is 35.9 Å². The van der Waals surface area contributed by atoms with Crippen molar-refractivity contribution in [2.24, 2.45) is 11.5 Å². The van der Waals surface area contributed by atoms with E-state index in [4.69, 9.17) is 11.5 Å². The zero-order valence-electron chi connectivity index (χ0n) is 17.8. The molecule has 4 unspecified atom stereocenters. The molecule has 4 atom stereocenters. The van der Waals surface area contributed by atoms with Crippen molar-refractivity contribution in [1.82, 2.24) is 16.0 Å². The van der Waals surface area contributed by atoms with Crippen molar-refractivity contribution in [1.29, 1.82) is 0 Å². The number of benzene rings is 1. The molecule has 0 spiro atoms. The highest BCUT2D eigenvalue weighted by Gasteiger charge is 2.29. The molecule has 4 amide bonds. The highest BCUT2D eigenvalue weighted by molar-refractivity contribution is 7.80. The van der Waals surface area contributed by atoms with Crippen molar-refractivity contribution >= 4 is 42.2 Å². The van der Waals surface area contributed by atoms with Gasteiger partial charge in [0, 0.05) is 18.6 Å². The predicted molar refractivity (Wildman–Crippen MR) is 121 cm³/mol. The lowest BCUT2D eigenvalue weighted by molar-refractivity contribution is -0.142. The van der Waals surface area contributed by atoms with Gasteiger partial charge in [0.15, 0.2) is 0 Å². The van der Waals surface area contributed by atoms with Gasteiger partial charge in [-0.3, -0.25) is 19.2 Å². The molecule has 1 aromatic rings. The van der Waals surface area contributed by atoms with Gasteiger partial charge in [-0.2, -0.15) is 12.6 Å². The van der Waals surface area contributed by atoms with Gasteiger partial charge in [-0.25, -0.2) is 4.79 Å². The van der Waals surface area contributed by atoms with E-state index in [-0.39, 0.29) is 25.0 Å². The van der Waals surface area contributed by atoms with Gasteiger partial charge in [-0.1, -0.05) is 30.3 Å². The van der Waals surface area contributed by atoms with Crippen LogP contribution >= 0.6 is 12.6 Å². The van der Waals surface area contributed by atoms with E-state index in [1.807, 2.05) is 0 Å². The smallest absolute Gasteiger partial charge is 0.326 e. The van der Waals surface area contributed by atoms with Crippen LogP contribution in [-0.2, 0) is 30.4 Å². The number of primary amides is 1. The lowest BCUT2D eigenvalue weighted by Gasteiger charge is -2.23. The van der Waals surface area contributed by atoms with Gasteiger partial charge in [0.2, 0.25) is 23.6 Å². The number of nitrogens with two attached hydrogens (primary N) is 2. The fraction of sp³-hybridized carbons (Fsp3) is 0.450. The number of nitrogens with one attached hydrogen (secondary N) is 3. The van der Waals surface area contributed by atoms with Crippen LogP contribution in [0.3, 0.4) is 0 Å². The SMILES string of the molecule is NC(=O)CCC(N)C(=O)NC(CS)C(=O)NC(CO)C(=O)NC(Cc1ccccc1)C(=O)O. The van der Waals surface area contributed by atoms with Crippen LogP contribution in [0, 0.1) is 0 Å². The van der Waals surface area contributed by atoms with E-state index in [1.54, 1.807) is 30.3 Å². The van der Waals surface area contributed by atoms with E-state index < -0.39 is 60.4 Å². The highest BCUT2D eigenvalue weighted by atomic mass is 32.1. The third-order valence-electron chi connectivity index (χ3n) is 4.57. The van der Waals surface area contributed by atoms with Crippen LogP contribution in [0.4, 0.5) is 0 Å². The molecule has 0 heterocycles. The summed E-state index contributed by atoms with van der Waals surface area (Å²) in [7, 11) is 0. The van der Waals surface area contributed by atoms with Gasteiger partial charge in [-0.05, 0) is 12.0 Å². The van der Waals surface area contributed by atoms with Crippen LogP contribution in [0.2, 0.25) is 0 Å². The van der Waals surface area contributed by atoms with Gasteiger partial charge in [0.25, 0.3) is 0 Å². The molecular weight excluding hydrogens is 454 g/mol. The number of carboxylic acids is 1. The fourth-order valence-electron chi connectivity index (χ4n) is 2.69. The summed E-state index contributed by atoms with van der Waals surface area (Å²) in [6, 6.07) is 3.52.